The summed E-state index contributed by atoms with van der Waals surface area (Å²) in [6.07, 6.45) is 23.9. The Hall–Kier alpha value is -1.18. The molecule has 0 amide bonds. The molecule has 0 bridgehead atoms. The Bertz CT molecular complexity index is 1010. The molecule has 0 radical (unpaired) electrons. The fourth-order valence-electron chi connectivity index (χ4n) is 6.57. The minimum absolute atomic E-state index is 0.0806. The fraction of sp³-hybridized carbons (Fsp3) is 0.881. The minimum atomic E-state index is -5.01. The molecule has 324 valence electrons. The van der Waals surface area contributed by atoms with Gasteiger partial charge in [0.25, 0.3) is 0 Å². The van der Waals surface area contributed by atoms with Crippen LogP contribution in [0.5, 0.6) is 0 Å². The number of esters is 1. The molecule has 1 rings (SSSR count). The van der Waals surface area contributed by atoms with Crippen molar-refractivity contribution in [3.8, 4) is 0 Å². The summed E-state index contributed by atoms with van der Waals surface area (Å²) < 4.78 is 34.1. The molecule has 13 heteroatoms. The highest BCUT2D eigenvalue weighted by Gasteiger charge is 2.51. The van der Waals surface area contributed by atoms with Gasteiger partial charge in [-0.3, -0.25) is 13.8 Å². The third-order valence-corrected chi connectivity index (χ3v) is 11.0. The number of aliphatic hydroxyl groups excluding tert-OH is 5. The van der Waals surface area contributed by atoms with Gasteiger partial charge in [-0.15, -0.1) is 0 Å². The van der Waals surface area contributed by atoms with Gasteiger partial charge in [-0.2, -0.15) is 0 Å². The SMILES string of the molecule is CCC/C=C\C/C=C\CCCCCCCCOCC(COP(=O)(O)OC1C(O)C(O)C(O)C(O)C1O)OC(=O)CCCCCCCCCCCCCCCC. The predicted octanol–water partition coefficient (Wildman–Crippen LogP) is 8.14. The molecule has 55 heavy (non-hydrogen) atoms. The van der Waals surface area contributed by atoms with E-state index in [9.17, 15) is 39.8 Å². The van der Waals surface area contributed by atoms with Crippen LogP contribution in [0.2, 0.25) is 0 Å². The number of hydrogen-bond acceptors (Lipinski definition) is 11. The first-order chi connectivity index (χ1) is 26.5. The van der Waals surface area contributed by atoms with E-state index in [1.807, 2.05) is 0 Å². The summed E-state index contributed by atoms with van der Waals surface area (Å²) in [7, 11) is -5.01. The Morgan fingerprint density at radius 2 is 1.05 bits per heavy atom. The third kappa shape index (κ3) is 26.4. The molecule has 6 atom stereocenters. The second-order valence-electron chi connectivity index (χ2n) is 15.2. The molecule has 0 saturated heterocycles. The highest BCUT2D eigenvalue weighted by Crippen LogP contribution is 2.47. The van der Waals surface area contributed by atoms with Gasteiger partial charge in [0, 0.05) is 13.0 Å². The molecule has 1 aliphatic carbocycles. The first kappa shape index (κ1) is 51.8. The van der Waals surface area contributed by atoms with Crippen molar-refractivity contribution in [2.24, 2.45) is 0 Å². The second-order valence-corrected chi connectivity index (χ2v) is 16.6. The Morgan fingerprint density at radius 3 is 1.60 bits per heavy atom. The van der Waals surface area contributed by atoms with E-state index in [4.69, 9.17) is 18.5 Å². The van der Waals surface area contributed by atoms with Crippen molar-refractivity contribution in [1.29, 1.82) is 0 Å². The quantitative estimate of drug-likeness (QED) is 0.0154. The normalized spacial score (nSPS) is 23.4. The van der Waals surface area contributed by atoms with Crippen molar-refractivity contribution < 1.29 is 58.3 Å². The van der Waals surface area contributed by atoms with Crippen LogP contribution in [0.4, 0.5) is 0 Å². The van der Waals surface area contributed by atoms with Gasteiger partial charge in [-0.1, -0.05) is 154 Å². The molecule has 0 heterocycles. The lowest BCUT2D eigenvalue weighted by atomic mass is 9.85. The lowest BCUT2D eigenvalue weighted by molar-refractivity contribution is -0.220. The minimum Gasteiger partial charge on any atom is -0.457 e. The molecule has 12 nitrogen and oxygen atoms in total. The van der Waals surface area contributed by atoms with Crippen LogP contribution in [0.1, 0.15) is 174 Å². The molecule has 0 aromatic heterocycles. The molecule has 0 aromatic rings. The summed E-state index contributed by atoms with van der Waals surface area (Å²) in [4.78, 5) is 23.1. The van der Waals surface area contributed by atoms with E-state index in [0.29, 0.717) is 13.0 Å². The van der Waals surface area contributed by atoms with Crippen LogP contribution in [-0.2, 0) is 27.9 Å². The van der Waals surface area contributed by atoms with Crippen molar-refractivity contribution in [3.05, 3.63) is 24.3 Å². The summed E-state index contributed by atoms with van der Waals surface area (Å²) in [6.45, 7) is 4.17. The average molecular weight is 807 g/mol. The van der Waals surface area contributed by atoms with Crippen LogP contribution in [0.25, 0.3) is 0 Å². The van der Waals surface area contributed by atoms with Crippen LogP contribution in [0, 0.1) is 0 Å². The lowest BCUT2D eigenvalue weighted by Crippen LogP contribution is -2.64. The van der Waals surface area contributed by atoms with Crippen molar-refractivity contribution in [3.63, 3.8) is 0 Å². The maximum absolute atomic E-state index is 12.8. The molecule has 0 aromatic carbocycles. The summed E-state index contributed by atoms with van der Waals surface area (Å²) in [5.74, 6) is -0.481. The number of hydrogen-bond donors (Lipinski definition) is 6. The molecular formula is C42H79O12P. The number of carbonyl (C=O) groups is 1. The Morgan fingerprint density at radius 1 is 0.582 bits per heavy atom. The lowest BCUT2D eigenvalue weighted by Gasteiger charge is -2.41. The highest BCUT2D eigenvalue weighted by molar-refractivity contribution is 7.47. The highest BCUT2D eigenvalue weighted by atomic mass is 31.2. The van der Waals surface area contributed by atoms with Gasteiger partial charge in [0.05, 0.1) is 13.2 Å². The van der Waals surface area contributed by atoms with Crippen molar-refractivity contribution in [2.75, 3.05) is 19.8 Å². The van der Waals surface area contributed by atoms with Crippen LogP contribution < -0.4 is 0 Å². The number of ether oxygens (including phenoxy) is 2. The van der Waals surface area contributed by atoms with Gasteiger partial charge in [0.2, 0.25) is 0 Å². The van der Waals surface area contributed by atoms with E-state index in [0.717, 1.165) is 70.6 Å². The Balaban J connectivity index is 2.43. The van der Waals surface area contributed by atoms with E-state index in [-0.39, 0.29) is 13.0 Å². The first-order valence-corrected chi connectivity index (χ1v) is 23.2. The molecule has 0 spiro atoms. The van der Waals surface area contributed by atoms with E-state index < -0.39 is 63.1 Å². The molecular weight excluding hydrogens is 727 g/mol. The van der Waals surface area contributed by atoms with E-state index in [2.05, 4.69) is 38.2 Å². The van der Waals surface area contributed by atoms with Crippen LogP contribution in [-0.4, -0.2) is 98.9 Å². The topological polar surface area (TPSA) is 192 Å². The predicted molar refractivity (Wildman–Crippen MR) is 216 cm³/mol. The number of phosphoric acid groups is 1. The number of allylic oxidation sites excluding steroid dienone is 4. The van der Waals surface area contributed by atoms with Crippen molar-refractivity contribution >= 4 is 13.8 Å². The smallest absolute Gasteiger partial charge is 0.457 e. The molecule has 1 saturated carbocycles. The number of rotatable bonds is 36. The Labute approximate surface area is 332 Å². The molecule has 6 N–H and O–H groups in total. The van der Waals surface area contributed by atoms with Gasteiger partial charge < -0.3 is 39.9 Å². The molecule has 1 aliphatic rings. The van der Waals surface area contributed by atoms with Gasteiger partial charge in [0.15, 0.2) is 0 Å². The maximum Gasteiger partial charge on any atom is 0.472 e. The van der Waals surface area contributed by atoms with Crippen LogP contribution >= 0.6 is 7.82 Å². The molecule has 6 unspecified atom stereocenters. The number of phosphoric ester groups is 1. The monoisotopic (exact) mass is 807 g/mol. The Kier molecular flexibility index (Phi) is 31.8. The number of carbonyl (C=O) groups excluding carboxylic acids is 1. The molecule has 0 aliphatic heterocycles. The standard InChI is InChI=1S/C42H79O12P/c1-3-5-7-9-11-13-15-17-19-21-23-25-27-29-31-36(43)53-35(33-51-32-30-28-26-24-22-20-18-16-14-12-10-8-6-4-2)34-52-55(49,50)54-42-40(47)38(45)37(44)39(46)41(42)48/h8,10,14,16,35,37-42,44-48H,3-7,9,11-13,15,17-34H2,1-2H3,(H,49,50)/b10-8-,16-14-. The fourth-order valence-corrected chi connectivity index (χ4v) is 7.54. The van der Waals surface area contributed by atoms with E-state index >= 15 is 0 Å². The van der Waals surface area contributed by atoms with E-state index in [1.165, 1.54) is 77.0 Å². The van der Waals surface area contributed by atoms with Crippen LogP contribution in [0.15, 0.2) is 24.3 Å². The van der Waals surface area contributed by atoms with E-state index in [1.54, 1.807) is 0 Å². The summed E-state index contributed by atoms with van der Waals surface area (Å²) in [5.41, 5.74) is 0. The molecule has 1 fully saturated rings. The third-order valence-electron chi connectivity index (χ3n) is 10.1. The van der Waals surface area contributed by atoms with Gasteiger partial charge in [-0.25, -0.2) is 4.57 Å². The summed E-state index contributed by atoms with van der Waals surface area (Å²) in [6, 6.07) is 0. The second kappa shape index (κ2) is 33.8. The van der Waals surface area contributed by atoms with Crippen molar-refractivity contribution in [1.82, 2.24) is 0 Å². The van der Waals surface area contributed by atoms with Gasteiger partial charge in [-0.05, 0) is 38.5 Å². The van der Waals surface area contributed by atoms with Gasteiger partial charge in [0.1, 0.15) is 42.7 Å². The first-order valence-electron chi connectivity index (χ1n) is 21.7. The zero-order valence-corrected chi connectivity index (χ0v) is 35.1. The zero-order chi connectivity index (χ0) is 40.6. The summed E-state index contributed by atoms with van der Waals surface area (Å²) >= 11 is 0. The van der Waals surface area contributed by atoms with Crippen molar-refractivity contribution in [2.45, 2.75) is 217 Å². The zero-order valence-electron chi connectivity index (χ0n) is 34.2. The summed E-state index contributed by atoms with van der Waals surface area (Å²) in [5, 5.41) is 50.1. The number of aliphatic hydroxyl groups is 5. The largest absolute Gasteiger partial charge is 0.472 e. The number of unbranched alkanes of at least 4 members (excludes halogenated alkanes) is 20. The van der Waals surface area contributed by atoms with Gasteiger partial charge >= 0.3 is 13.8 Å². The maximum atomic E-state index is 12.8. The van der Waals surface area contributed by atoms with Crippen LogP contribution in [0.3, 0.4) is 0 Å². The average Bonchev–Trinajstić information content (AvgIpc) is 3.17.